The van der Waals surface area contributed by atoms with E-state index in [2.05, 4.69) is 4.74 Å². The van der Waals surface area contributed by atoms with Crippen molar-refractivity contribution in [3.63, 3.8) is 0 Å². The van der Waals surface area contributed by atoms with Crippen LogP contribution in [0.15, 0.2) is 23.3 Å². The zero-order chi connectivity index (χ0) is 11.3. The summed E-state index contributed by atoms with van der Waals surface area (Å²) in [5.74, 6) is -1.10. The van der Waals surface area contributed by atoms with Crippen LogP contribution in [0.4, 0.5) is 0 Å². The third-order valence-electron chi connectivity index (χ3n) is 2.39. The molecular weight excluding hydrogens is 196 g/mol. The molecule has 0 aromatic carbocycles. The summed E-state index contributed by atoms with van der Waals surface area (Å²) in [6.45, 7) is 0. The Bertz CT molecular complexity index is 325. The average molecular weight is 210 g/mol. The predicted molar refractivity (Wildman–Crippen MR) is 54.3 cm³/mol. The SMILES string of the molecule is COC(=O)CCC1=CC=C(C(=O)O)CC1. The van der Waals surface area contributed by atoms with Crippen molar-refractivity contribution in [1.82, 2.24) is 0 Å². The highest BCUT2D eigenvalue weighted by atomic mass is 16.5. The summed E-state index contributed by atoms with van der Waals surface area (Å²) < 4.78 is 4.52. The van der Waals surface area contributed by atoms with E-state index >= 15 is 0 Å². The number of carboxylic acids is 1. The first-order valence-corrected chi connectivity index (χ1v) is 4.82. The van der Waals surface area contributed by atoms with Crippen LogP contribution in [0.2, 0.25) is 0 Å². The molecule has 0 aliphatic heterocycles. The average Bonchev–Trinajstić information content (AvgIpc) is 2.26. The highest BCUT2D eigenvalue weighted by Crippen LogP contribution is 2.21. The molecule has 15 heavy (non-hydrogen) atoms. The van der Waals surface area contributed by atoms with Gasteiger partial charge in [0.2, 0.25) is 0 Å². The molecule has 0 bridgehead atoms. The summed E-state index contributed by atoms with van der Waals surface area (Å²) in [5, 5.41) is 8.71. The Balaban J connectivity index is 2.46. The molecule has 1 N–H and O–H groups in total. The maximum absolute atomic E-state index is 10.9. The van der Waals surface area contributed by atoms with Gasteiger partial charge in [-0.25, -0.2) is 4.79 Å². The Morgan fingerprint density at radius 1 is 1.40 bits per heavy atom. The van der Waals surface area contributed by atoms with Crippen LogP contribution in [-0.4, -0.2) is 24.2 Å². The van der Waals surface area contributed by atoms with Crippen molar-refractivity contribution in [1.29, 1.82) is 0 Å². The zero-order valence-electron chi connectivity index (χ0n) is 8.66. The second-order valence-corrected chi connectivity index (χ2v) is 3.40. The van der Waals surface area contributed by atoms with Crippen molar-refractivity contribution in [3.8, 4) is 0 Å². The van der Waals surface area contributed by atoms with E-state index in [-0.39, 0.29) is 5.97 Å². The van der Waals surface area contributed by atoms with Crippen LogP contribution in [0.5, 0.6) is 0 Å². The maximum atomic E-state index is 10.9. The molecule has 0 spiro atoms. The second kappa shape index (κ2) is 5.34. The molecule has 4 heteroatoms. The lowest BCUT2D eigenvalue weighted by atomic mass is 9.95. The minimum Gasteiger partial charge on any atom is -0.478 e. The summed E-state index contributed by atoms with van der Waals surface area (Å²) in [6.07, 6.45) is 5.67. The highest BCUT2D eigenvalue weighted by molar-refractivity contribution is 5.87. The second-order valence-electron chi connectivity index (χ2n) is 3.40. The van der Waals surface area contributed by atoms with Gasteiger partial charge in [-0.1, -0.05) is 17.7 Å². The number of hydrogen-bond acceptors (Lipinski definition) is 3. The molecule has 0 saturated heterocycles. The number of hydrogen-bond donors (Lipinski definition) is 1. The number of rotatable bonds is 4. The number of aliphatic carboxylic acids is 1. The van der Waals surface area contributed by atoms with Crippen molar-refractivity contribution >= 4 is 11.9 Å². The lowest BCUT2D eigenvalue weighted by Crippen LogP contribution is -2.05. The fourth-order valence-corrected chi connectivity index (χ4v) is 1.43. The fraction of sp³-hybridized carbons (Fsp3) is 0.455. The van der Waals surface area contributed by atoms with Crippen LogP contribution in [0.25, 0.3) is 0 Å². The standard InChI is InChI=1S/C11H14O4/c1-15-10(12)7-4-8-2-5-9(6-3-8)11(13)14/h2,5H,3-4,6-7H2,1H3,(H,13,14). The van der Waals surface area contributed by atoms with E-state index in [0.717, 1.165) is 12.0 Å². The summed E-state index contributed by atoms with van der Waals surface area (Å²) in [7, 11) is 1.36. The number of carbonyl (C=O) groups is 2. The number of carbonyl (C=O) groups excluding carboxylic acids is 1. The molecule has 0 radical (unpaired) electrons. The maximum Gasteiger partial charge on any atom is 0.331 e. The molecule has 4 nitrogen and oxygen atoms in total. The summed E-state index contributed by atoms with van der Waals surface area (Å²) in [5.41, 5.74) is 1.53. The van der Waals surface area contributed by atoms with Gasteiger partial charge in [-0.05, 0) is 19.3 Å². The molecule has 0 aromatic heterocycles. The van der Waals surface area contributed by atoms with Gasteiger partial charge in [0.05, 0.1) is 7.11 Å². The number of methoxy groups -OCH3 is 1. The molecule has 0 aromatic rings. The molecule has 0 unspecified atom stereocenters. The fourth-order valence-electron chi connectivity index (χ4n) is 1.43. The number of ether oxygens (including phenoxy) is 1. The summed E-state index contributed by atoms with van der Waals surface area (Å²) in [6, 6.07) is 0. The normalized spacial score (nSPS) is 15.3. The molecule has 1 rings (SSSR count). The van der Waals surface area contributed by atoms with Gasteiger partial charge in [-0.15, -0.1) is 0 Å². The lowest BCUT2D eigenvalue weighted by molar-refractivity contribution is -0.140. The molecule has 0 fully saturated rings. The first-order chi connectivity index (χ1) is 7.13. The molecule has 1 aliphatic carbocycles. The Morgan fingerprint density at radius 3 is 2.60 bits per heavy atom. The van der Waals surface area contributed by atoms with Gasteiger partial charge in [0.25, 0.3) is 0 Å². The predicted octanol–water partition coefficient (Wildman–Crippen LogP) is 1.67. The molecule has 0 saturated carbocycles. The van der Waals surface area contributed by atoms with Crippen molar-refractivity contribution in [2.24, 2.45) is 0 Å². The first-order valence-electron chi connectivity index (χ1n) is 4.82. The van der Waals surface area contributed by atoms with Crippen LogP contribution in [0.3, 0.4) is 0 Å². The molecule has 0 atom stereocenters. The van der Waals surface area contributed by atoms with Crippen molar-refractivity contribution in [3.05, 3.63) is 23.3 Å². The number of allylic oxidation sites excluding steroid dienone is 3. The topological polar surface area (TPSA) is 63.6 Å². The smallest absolute Gasteiger partial charge is 0.331 e. The number of carboxylic acid groups (broad SMARTS) is 1. The van der Waals surface area contributed by atoms with Crippen LogP contribution < -0.4 is 0 Å². The molecular formula is C11H14O4. The molecule has 1 aliphatic rings. The van der Waals surface area contributed by atoms with Crippen molar-refractivity contribution in [2.45, 2.75) is 25.7 Å². The highest BCUT2D eigenvalue weighted by Gasteiger charge is 2.12. The number of esters is 1. The van der Waals surface area contributed by atoms with Gasteiger partial charge in [0.15, 0.2) is 0 Å². The van der Waals surface area contributed by atoms with Gasteiger partial charge in [-0.2, -0.15) is 0 Å². The van der Waals surface area contributed by atoms with Crippen LogP contribution in [-0.2, 0) is 14.3 Å². The third kappa shape index (κ3) is 3.58. The Hall–Kier alpha value is -1.58. The zero-order valence-corrected chi connectivity index (χ0v) is 8.66. The van der Waals surface area contributed by atoms with E-state index in [1.165, 1.54) is 7.11 Å². The lowest BCUT2D eigenvalue weighted by Gasteiger charge is -2.11. The molecule has 0 amide bonds. The van der Waals surface area contributed by atoms with E-state index in [0.29, 0.717) is 24.8 Å². The van der Waals surface area contributed by atoms with Gasteiger partial charge in [0.1, 0.15) is 0 Å². The Morgan fingerprint density at radius 2 is 2.13 bits per heavy atom. The monoisotopic (exact) mass is 210 g/mol. The van der Waals surface area contributed by atoms with Crippen molar-refractivity contribution in [2.75, 3.05) is 7.11 Å². The van der Waals surface area contributed by atoms with Crippen LogP contribution in [0, 0.1) is 0 Å². The minimum absolute atomic E-state index is 0.232. The Kier molecular flexibility index (Phi) is 4.09. The molecule has 0 heterocycles. The van der Waals surface area contributed by atoms with Gasteiger partial charge >= 0.3 is 11.9 Å². The summed E-state index contributed by atoms with van der Waals surface area (Å²) >= 11 is 0. The largest absolute Gasteiger partial charge is 0.478 e. The van der Waals surface area contributed by atoms with E-state index in [9.17, 15) is 9.59 Å². The first kappa shape index (κ1) is 11.5. The van der Waals surface area contributed by atoms with E-state index < -0.39 is 5.97 Å². The minimum atomic E-state index is -0.863. The molecule has 82 valence electrons. The Labute approximate surface area is 88.2 Å². The van der Waals surface area contributed by atoms with Crippen LogP contribution in [0.1, 0.15) is 25.7 Å². The van der Waals surface area contributed by atoms with Gasteiger partial charge < -0.3 is 9.84 Å². The van der Waals surface area contributed by atoms with Crippen molar-refractivity contribution < 1.29 is 19.4 Å². The van der Waals surface area contributed by atoms with E-state index in [1.54, 1.807) is 12.2 Å². The third-order valence-corrected chi connectivity index (χ3v) is 2.39. The van der Waals surface area contributed by atoms with E-state index in [1.807, 2.05) is 0 Å². The van der Waals surface area contributed by atoms with Gasteiger partial charge in [-0.3, -0.25) is 4.79 Å². The van der Waals surface area contributed by atoms with Gasteiger partial charge in [0, 0.05) is 12.0 Å². The quantitative estimate of drug-likeness (QED) is 0.717. The summed E-state index contributed by atoms with van der Waals surface area (Å²) in [4.78, 5) is 21.5. The van der Waals surface area contributed by atoms with Crippen LogP contribution >= 0.6 is 0 Å². The van der Waals surface area contributed by atoms with E-state index in [4.69, 9.17) is 5.11 Å².